The van der Waals surface area contributed by atoms with Crippen LogP contribution in [0.4, 0.5) is 0 Å². The molecule has 0 aromatic heterocycles. The number of carbonyl (C=O) groups is 1. The lowest BCUT2D eigenvalue weighted by atomic mass is 9.64. The first-order chi connectivity index (χ1) is 11.5. The quantitative estimate of drug-likeness (QED) is 0.688. The zero-order chi connectivity index (χ0) is 16.5. The fourth-order valence-corrected chi connectivity index (χ4v) is 10.6. The van der Waals surface area contributed by atoms with Crippen molar-refractivity contribution in [2.24, 2.45) is 22.7 Å². The second kappa shape index (κ2) is 5.06. The molecule has 1 saturated heterocycles. The summed E-state index contributed by atoms with van der Waals surface area (Å²) in [5, 5.41) is 4.04. The van der Waals surface area contributed by atoms with Gasteiger partial charge < -0.3 is 0 Å². The average molecular weight is 341 g/mol. The molecule has 0 spiro atoms. The molecule has 1 aliphatic heterocycles. The molecule has 1 nitrogen and oxygen atoms in total. The van der Waals surface area contributed by atoms with E-state index in [-0.39, 0.29) is 21.3 Å². The van der Waals surface area contributed by atoms with Gasteiger partial charge >= 0.3 is 0 Å². The lowest BCUT2D eigenvalue weighted by Crippen LogP contribution is -2.48. The Balaban J connectivity index is 1.64. The monoisotopic (exact) mass is 340 g/mol. The van der Waals surface area contributed by atoms with E-state index in [2.05, 4.69) is 49.5 Å². The lowest BCUT2D eigenvalue weighted by molar-refractivity contribution is -0.130. The molecule has 4 unspecified atom stereocenters. The van der Waals surface area contributed by atoms with Crippen molar-refractivity contribution in [2.45, 2.75) is 62.9 Å². The van der Waals surface area contributed by atoms with Gasteiger partial charge in [-0.2, -0.15) is 10.5 Å². The van der Waals surface area contributed by atoms with E-state index in [0.29, 0.717) is 17.0 Å². The van der Waals surface area contributed by atoms with Crippen LogP contribution in [0.1, 0.15) is 57.9 Å². The van der Waals surface area contributed by atoms with Gasteiger partial charge in [0.1, 0.15) is 5.78 Å². The second-order valence-electron chi connectivity index (χ2n) is 9.11. The van der Waals surface area contributed by atoms with Crippen molar-refractivity contribution >= 4 is 21.6 Å². The molecule has 0 amide bonds. The largest absolute Gasteiger partial charge is 0.299 e. The number of ketones is 1. The Hall–Kier alpha value is -0.890. The number of hydrogen-bond acceptors (Lipinski definition) is 1. The topological polar surface area (TPSA) is 17.1 Å². The summed E-state index contributed by atoms with van der Waals surface area (Å²) in [4.78, 5) is 13.2. The summed E-state index contributed by atoms with van der Waals surface area (Å²) in [5.74, 6) is 2.07. The third-order valence-corrected chi connectivity index (χ3v) is 11.2. The maximum atomic E-state index is 13.2. The molecule has 3 aliphatic carbocycles. The lowest BCUT2D eigenvalue weighted by Gasteiger charge is -2.46. The van der Waals surface area contributed by atoms with Gasteiger partial charge in [0.2, 0.25) is 0 Å². The molecule has 6 atom stereocenters. The molecule has 3 saturated carbocycles. The predicted molar refractivity (Wildman–Crippen MR) is 103 cm³/mol. The maximum absolute atomic E-state index is 13.2. The SMILES string of the molecule is CC1(C)[C@@H]2CC[C@@]1(C1C3CCC(C3)/S1=C\c1ccccc1)C(=O)C2. The second-order valence-corrected chi connectivity index (χ2v) is 11.3. The minimum Gasteiger partial charge on any atom is -0.299 e. The van der Waals surface area contributed by atoms with E-state index in [1.165, 1.54) is 37.7 Å². The molecule has 24 heavy (non-hydrogen) atoms. The third-order valence-electron chi connectivity index (χ3n) is 8.08. The number of hydrogen-bond donors (Lipinski definition) is 0. The Morgan fingerprint density at radius 1 is 1.12 bits per heavy atom. The first kappa shape index (κ1) is 15.4. The van der Waals surface area contributed by atoms with Crippen LogP contribution in [0.25, 0.3) is 0 Å². The van der Waals surface area contributed by atoms with Crippen molar-refractivity contribution in [3.05, 3.63) is 35.9 Å². The number of Topliss-reactive ketones (excluding diaryl/α,β-unsaturated/α-hetero) is 1. The Labute approximate surface area is 148 Å². The third kappa shape index (κ3) is 1.79. The molecule has 5 rings (SSSR count). The first-order valence-electron chi connectivity index (χ1n) is 9.68. The summed E-state index contributed by atoms with van der Waals surface area (Å²) in [6.45, 7) is 4.84. The Morgan fingerprint density at radius 3 is 2.58 bits per heavy atom. The standard InChI is InChI=1S/C22H28OS/c1-21(2)17-10-11-22(21,19(23)13-17)20-16-8-9-18(12-16)24(20)14-15-6-4-3-5-7-15/h3-7,14,16-18,20H,8-13H2,1-2H3/t16?,17-,18?,20?,22+,24?/m1/s1. The van der Waals surface area contributed by atoms with Gasteiger partial charge in [0.15, 0.2) is 0 Å². The van der Waals surface area contributed by atoms with Gasteiger partial charge in [0, 0.05) is 22.3 Å². The highest BCUT2D eigenvalue weighted by atomic mass is 32.2. The van der Waals surface area contributed by atoms with Crippen LogP contribution in [0.2, 0.25) is 0 Å². The van der Waals surface area contributed by atoms with Crippen molar-refractivity contribution < 1.29 is 4.79 Å². The summed E-state index contributed by atoms with van der Waals surface area (Å²) in [5.41, 5.74) is 1.58. The van der Waals surface area contributed by atoms with Crippen molar-refractivity contribution in [3.8, 4) is 0 Å². The van der Waals surface area contributed by atoms with Crippen molar-refractivity contribution in [1.29, 1.82) is 0 Å². The van der Waals surface area contributed by atoms with Crippen LogP contribution in [0.5, 0.6) is 0 Å². The zero-order valence-electron chi connectivity index (χ0n) is 14.8. The van der Waals surface area contributed by atoms with Gasteiger partial charge in [-0.25, -0.2) is 0 Å². The highest BCUT2D eigenvalue weighted by molar-refractivity contribution is 8.16. The van der Waals surface area contributed by atoms with Gasteiger partial charge in [0.25, 0.3) is 0 Å². The fraction of sp³-hybridized carbons (Fsp3) is 0.636. The molecule has 1 aromatic carbocycles. The normalized spacial score (nSPS) is 45.4. The van der Waals surface area contributed by atoms with E-state index < -0.39 is 0 Å². The summed E-state index contributed by atoms with van der Waals surface area (Å²) in [6, 6.07) is 10.9. The predicted octanol–water partition coefficient (Wildman–Crippen LogP) is 5.05. The van der Waals surface area contributed by atoms with Crippen molar-refractivity contribution in [1.82, 2.24) is 0 Å². The van der Waals surface area contributed by atoms with Crippen LogP contribution in [-0.2, 0) is 4.79 Å². The minimum atomic E-state index is -0.00804. The van der Waals surface area contributed by atoms with Gasteiger partial charge in [0.05, 0.1) is 0 Å². The van der Waals surface area contributed by atoms with Gasteiger partial charge in [-0.3, -0.25) is 4.79 Å². The maximum Gasteiger partial charge on any atom is 0.140 e. The first-order valence-corrected chi connectivity index (χ1v) is 11.1. The summed E-state index contributed by atoms with van der Waals surface area (Å²) in [6.07, 6.45) is 7.47. The molecule has 0 N–H and O–H groups in total. The van der Waals surface area contributed by atoms with Crippen LogP contribution in [0.3, 0.4) is 0 Å². The number of carbonyl (C=O) groups excluding carboxylic acids is 1. The molecule has 2 heteroatoms. The molecule has 1 aromatic rings. The van der Waals surface area contributed by atoms with E-state index in [1.54, 1.807) is 0 Å². The van der Waals surface area contributed by atoms with Gasteiger partial charge in [-0.15, -0.1) is 0 Å². The van der Waals surface area contributed by atoms with E-state index in [0.717, 1.165) is 17.6 Å². The molecule has 0 radical (unpaired) electrons. The molecule has 4 bridgehead atoms. The van der Waals surface area contributed by atoms with Crippen LogP contribution < -0.4 is 0 Å². The Kier molecular flexibility index (Phi) is 3.24. The number of fused-ring (bicyclic) bond motifs is 4. The van der Waals surface area contributed by atoms with E-state index in [4.69, 9.17) is 0 Å². The number of benzene rings is 1. The summed E-state index contributed by atoms with van der Waals surface area (Å²) < 4.78 is 0. The van der Waals surface area contributed by atoms with E-state index in [1.807, 2.05) is 0 Å². The van der Waals surface area contributed by atoms with Crippen LogP contribution in [0.15, 0.2) is 30.3 Å². The average Bonchev–Trinajstić information content (AvgIpc) is 3.27. The fourth-order valence-electron chi connectivity index (χ4n) is 6.80. The molecule has 1 heterocycles. The molecule has 128 valence electrons. The summed E-state index contributed by atoms with van der Waals surface area (Å²) in [7, 11) is 0.280. The molecular formula is C22H28OS. The molecular weight excluding hydrogens is 312 g/mol. The number of rotatable bonds is 2. The van der Waals surface area contributed by atoms with Gasteiger partial charge in [-0.1, -0.05) is 44.2 Å². The van der Waals surface area contributed by atoms with E-state index >= 15 is 0 Å². The Bertz CT molecular complexity index is 719. The van der Waals surface area contributed by atoms with Crippen molar-refractivity contribution in [3.63, 3.8) is 0 Å². The molecule has 4 aliphatic rings. The minimum absolute atomic E-state index is 0.00804. The summed E-state index contributed by atoms with van der Waals surface area (Å²) >= 11 is 0. The Morgan fingerprint density at radius 2 is 1.92 bits per heavy atom. The molecule has 4 fully saturated rings. The van der Waals surface area contributed by atoms with Gasteiger partial charge in [-0.05, 0) is 60.3 Å². The highest BCUT2D eigenvalue weighted by Crippen LogP contribution is 2.72. The van der Waals surface area contributed by atoms with E-state index in [9.17, 15) is 4.79 Å². The zero-order valence-corrected chi connectivity index (χ0v) is 15.6. The van der Waals surface area contributed by atoms with Crippen molar-refractivity contribution in [2.75, 3.05) is 0 Å². The van der Waals surface area contributed by atoms with Crippen LogP contribution in [0, 0.1) is 22.7 Å². The van der Waals surface area contributed by atoms with Crippen LogP contribution >= 0.6 is 10.5 Å². The smallest absolute Gasteiger partial charge is 0.140 e. The highest BCUT2D eigenvalue weighted by Gasteiger charge is 2.70. The van der Waals surface area contributed by atoms with Crippen LogP contribution in [-0.4, -0.2) is 21.7 Å².